The van der Waals surface area contributed by atoms with Crippen LogP contribution in [0.4, 0.5) is 10.1 Å². The molecule has 1 heterocycles. The second-order valence-corrected chi connectivity index (χ2v) is 7.74. The van der Waals surface area contributed by atoms with Gasteiger partial charge in [-0.2, -0.15) is 0 Å². The topological polar surface area (TPSA) is 52.7 Å². The fraction of sp³-hybridized carbons (Fsp3) is 0.364. The third-order valence-electron chi connectivity index (χ3n) is 5.10. The highest BCUT2D eigenvalue weighted by molar-refractivity contribution is 6.30. The molecule has 0 radical (unpaired) electrons. The quantitative estimate of drug-likeness (QED) is 0.785. The van der Waals surface area contributed by atoms with Crippen molar-refractivity contribution in [1.82, 2.24) is 10.2 Å². The van der Waals surface area contributed by atoms with Crippen molar-refractivity contribution in [1.29, 1.82) is 0 Å². The molecule has 2 amide bonds. The molecule has 2 aromatic carbocycles. The summed E-state index contributed by atoms with van der Waals surface area (Å²) in [5.74, 6) is -0.964. The second kappa shape index (κ2) is 9.74. The van der Waals surface area contributed by atoms with Gasteiger partial charge in [0.25, 0.3) is 0 Å². The molecule has 1 aliphatic heterocycles. The van der Waals surface area contributed by atoms with E-state index in [0.29, 0.717) is 24.5 Å². The number of nitrogens with one attached hydrogen (secondary N) is 1. The highest BCUT2D eigenvalue weighted by Crippen LogP contribution is 2.20. The summed E-state index contributed by atoms with van der Waals surface area (Å²) in [5, 5.41) is 3.40. The number of nitrogens with zero attached hydrogens (tertiary/aromatic N) is 2. The normalized spacial score (nSPS) is 15.1. The van der Waals surface area contributed by atoms with E-state index < -0.39 is 0 Å². The molecule has 5 nitrogen and oxygen atoms in total. The number of rotatable bonds is 6. The number of benzene rings is 2. The van der Waals surface area contributed by atoms with Crippen LogP contribution >= 0.6 is 11.6 Å². The third kappa shape index (κ3) is 5.94. The summed E-state index contributed by atoms with van der Waals surface area (Å²) in [6.45, 7) is 4.38. The van der Waals surface area contributed by atoms with Gasteiger partial charge in [0.1, 0.15) is 5.82 Å². The van der Waals surface area contributed by atoms with E-state index in [2.05, 4.69) is 10.2 Å². The molecular weight excluding hydrogens is 393 g/mol. The minimum absolute atomic E-state index is 0.0243. The van der Waals surface area contributed by atoms with E-state index in [9.17, 15) is 14.0 Å². The van der Waals surface area contributed by atoms with Crippen molar-refractivity contribution in [2.45, 2.75) is 13.3 Å². The van der Waals surface area contributed by atoms with E-state index in [1.54, 1.807) is 24.0 Å². The number of halogens is 2. The van der Waals surface area contributed by atoms with Crippen LogP contribution in [0, 0.1) is 11.7 Å². The molecule has 29 heavy (non-hydrogen) atoms. The van der Waals surface area contributed by atoms with Crippen LogP contribution in [0.3, 0.4) is 0 Å². The van der Waals surface area contributed by atoms with Gasteiger partial charge < -0.3 is 15.1 Å². The van der Waals surface area contributed by atoms with E-state index in [-0.39, 0.29) is 30.1 Å². The van der Waals surface area contributed by atoms with Crippen LogP contribution in [0.5, 0.6) is 0 Å². The molecule has 0 bridgehead atoms. The second-order valence-electron chi connectivity index (χ2n) is 7.30. The zero-order chi connectivity index (χ0) is 20.8. The number of hydrogen-bond donors (Lipinski definition) is 1. The molecule has 0 aliphatic carbocycles. The average molecular weight is 418 g/mol. The minimum atomic E-state index is -0.343. The van der Waals surface area contributed by atoms with Crippen molar-refractivity contribution < 1.29 is 14.0 Å². The number of carbonyl (C=O) groups excluding carboxylic acids is 2. The molecule has 154 valence electrons. The van der Waals surface area contributed by atoms with E-state index in [4.69, 9.17) is 11.6 Å². The number of carbonyl (C=O) groups is 2. The first kappa shape index (κ1) is 21.1. The fourth-order valence-electron chi connectivity index (χ4n) is 3.45. The molecule has 0 spiro atoms. The van der Waals surface area contributed by atoms with Gasteiger partial charge in [-0.15, -0.1) is 0 Å². The minimum Gasteiger partial charge on any atom is -0.368 e. The van der Waals surface area contributed by atoms with Crippen molar-refractivity contribution in [3.63, 3.8) is 0 Å². The van der Waals surface area contributed by atoms with Gasteiger partial charge >= 0.3 is 0 Å². The van der Waals surface area contributed by atoms with Crippen molar-refractivity contribution in [2.75, 3.05) is 37.6 Å². The summed E-state index contributed by atoms with van der Waals surface area (Å²) >= 11 is 6.05. The molecule has 3 rings (SSSR count). The molecule has 1 saturated heterocycles. The predicted octanol–water partition coefficient (Wildman–Crippen LogP) is 3.12. The Bertz CT molecular complexity index is 869. The molecule has 1 N–H and O–H groups in total. The Morgan fingerprint density at radius 3 is 2.52 bits per heavy atom. The first-order valence-electron chi connectivity index (χ1n) is 9.73. The fourth-order valence-corrected chi connectivity index (χ4v) is 3.63. The number of amides is 2. The molecule has 1 aliphatic rings. The Labute approximate surface area is 175 Å². The van der Waals surface area contributed by atoms with Crippen LogP contribution in [0.15, 0.2) is 48.5 Å². The maximum absolute atomic E-state index is 13.3. The van der Waals surface area contributed by atoms with Gasteiger partial charge in [-0.3, -0.25) is 9.59 Å². The summed E-state index contributed by atoms with van der Waals surface area (Å²) in [7, 11) is 0. The smallest absolute Gasteiger partial charge is 0.242 e. The van der Waals surface area contributed by atoms with Gasteiger partial charge in [-0.05, 0) is 42.3 Å². The number of anilines is 1. The van der Waals surface area contributed by atoms with E-state index >= 15 is 0 Å². The third-order valence-corrected chi connectivity index (χ3v) is 5.33. The highest BCUT2D eigenvalue weighted by atomic mass is 35.5. The first-order valence-corrected chi connectivity index (χ1v) is 10.1. The number of piperazine rings is 1. The van der Waals surface area contributed by atoms with Crippen LogP contribution < -0.4 is 10.2 Å². The first-order chi connectivity index (χ1) is 13.9. The Kier molecular flexibility index (Phi) is 7.09. The van der Waals surface area contributed by atoms with Gasteiger partial charge in [-0.25, -0.2) is 4.39 Å². The molecule has 7 heteroatoms. The van der Waals surface area contributed by atoms with Crippen molar-refractivity contribution in [3.05, 3.63) is 64.9 Å². The monoisotopic (exact) mass is 417 g/mol. The van der Waals surface area contributed by atoms with Gasteiger partial charge in [0.15, 0.2) is 0 Å². The Balaban J connectivity index is 1.43. The van der Waals surface area contributed by atoms with Crippen LogP contribution in [-0.2, 0) is 16.0 Å². The zero-order valence-corrected chi connectivity index (χ0v) is 17.2. The standard InChI is InChI=1S/C22H25ClFN3O2/c1-16(12-17-4-2-6-19(24)13-17)22(29)25-15-21(28)27-10-8-26(9-11-27)20-7-3-5-18(23)14-20/h2-7,13-14,16H,8-12,15H2,1H3,(H,25,29). The zero-order valence-electron chi connectivity index (χ0n) is 16.4. The summed E-state index contributed by atoms with van der Waals surface area (Å²) in [6.07, 6.45) is 0.427. The molecule has 2 aromatic rings. The van der Waals surface area contributed by atoms with Crippen LogP contribution in [0.2, 0.25) is 5.02 Å². The van der Waals surface area contributed by atoms with Gasteiger partial charge in [0.05, 0.1) is 6.54 Å². The number of hydrogen-bond acceptors (Lipinski definition) is 3. The van der Waals surface area contributed by atoms with E-state index in [1.807, 2.05) is 24.3 Å². The molecule has 0 saturated carbocycles. The molecule has 1 fully saturated rings. The Hall–Kier alpha value is -2.60. The highest BCUT2D eigenvalue weighted by Gasteiger charge is 2.22. The van der Waals surface area contributed by atoms with Crippen LogP contribution in [0.25, 0.3) is 0 Å². The van der Waals surface area contributed by atoms with Gasteiger partial charge in [0, 0.05) is 42.8 Å². The lowest BCUT2D eigenvalue weighted by Crippen LogP contribution is -2.51. The largest absolute Gasteiger partial charge is 0.368 e. The van der Waals surface area contributed by atoms with Gasteiger partial charge in [-0.1, -0.05) is 36.7 Å². The molecule has 0 aromatic heterocycles. The average Bonchev–Trinajstić information content (AvgIpc) is 2.72. The summed E-state index contributed by atoms with van der Waals surface area (Å²) < 4.78 is 13.3. The van der Waals surface area contributed by atoms with Gasteiger partial charge in [0.2, 0.25) is 11.8 Å². The lowest BCUT2D eigenvalue weighted by Gasteiger charge is -2.36. The lowest BCUT2D eigenvalue weighted by atomic mass is 10.0. The Morgan fingerprint density at radius 2 is 1.83 bits per heavy atom. The van der Waals surface area contributed by atoms with Crippen molar-refractivity contribution >= 4 is 29.1 Å². The SMILES string of the molecule is CC(Cc1cccc(F)c1)C(=O)NCC(=O)N1CCN(c2cccc(Cl)c2)CC1. The maximum atomic E-state index is 13.3. The van der Waals surface area contributed by atoms with Crippen LogP contribution in [-0.4, -0.2) is 49.4 Å². The molecule has 1 atom stereocenters. The van der Waals surface area contributed by atoms with Crippen molar-refractivity contribution in [3.8, 4) is 0 Å². The van der Waals surface area contributed by atoms with Crippen molar-refractivity contribution in [2.24, 2.45) is 5.92 Å². The van der Waals surface area contributed by atoms with E-state index in [0.717, 1.165) is 24.3 Å². The maximum Gasteiger partial charge on any atom is 0.242 e. The predicted molar refractivity (Wildman–Crippen MR) is 113 cm³/mol. The van der Waals surface area contributed by atoms with Crippen LogP contribution in [0.1, 0.15) is 12.5 Å². The lowest BCUT2D eigenvalue weighted by molar-refractivity contribution is -0.134. The summed E-state index contributed by atoms with van der Waals surface area (Å²) in [4.78, 5) is 28.7. The molecule has 1 unspecified atom stereocenters. The van der Waals surface area contributed by atoms with E-state index in [1.165, 1.54) is 12.1 Å². The Morgan fingerprint density at radius 1 is 1.10 bits per heavy atom. The summed E-state index contributed by atoms with van der Waals surface area (Å²) in [6, 6.07) is 13.9. The summed E-state index contributed by atoms with van der Waals surface area (Å²) in [5.41, 5.74) is 1.81. The molecular formula is C22H25ClFN3O2.